The maximum absolute atomic E-state index is 12.6. The van der Waals surface area contributed by atoms with Crippen molar-refractivity contribution in [3.8, 4) is 0 Å². The Bertz CT molecular complexity index is 484. The van der Waals surface area contributed by atoms with Gasteiger partial charge in [-0.05, 0) is 48.8 Å². The Morgan fingerprint density at radius 3 is 2.76 bits per heavy atom. The van der Waals surface area contributed by atoms with Gasteiger partial charge in [-0.1, -0.05) is 38.1 Å². The molecule has 0 saturated carbocycles. The molecule has 3 nitrogen and oxygen atoms in total. The highest BCUT2D eigenvalue weighted by Crippen LogP contribution is 2.35. The third-order valence-corrected chi connectivity index (χ3v) is 4.56. The zero-order valence-corrected chi connectivity index (χ0v) is 13.5. The maximum atomic E-state index is 12.6. The molecule has 0 aromatic heterocycles. The van der Waals surface area contributed by atoms with Crippen molar-refractivity contribution < 1.29 is 4.79 Å². The quantitative estimate of drug-likeness (QED) is 0.874. The summed E-state index contributed by atoms with van der Waals surface area (Å²) >= 11 is 0. The van der Waals surface area contributed by atoms with E-state index in [2.05, 4.69) is 38.1 Å². The van der Waals surface area contributed by atoms with Gasteiger partial charge in [0, 0.05) is 13.5 Å². The smallest absolute Gasteiger partial charge is 0.223 e. The van der Waals surface area contributed by atoms with Crippen LogP contribution >= 0.6 is 0 Å². The number of carbonyl (C=O) groups is 1. The van der Waals surface area contributed by atoms with E-state index in [4.69, 9.17) is 5.73 Å². The molecule has 0 aliphatic heterocycles. The van der Waals surface area contributed by atoms with Crippen molar-refractivity contribution in [3.63, 3.8) is 0 Å². The largest absolute Gasteiger partial charge is 0.339 e. The third-order valence-electron chi connectivity index (χ3n) is 4.56. The van der Waals surface area contributed by atoms with E-state index in [1.807, 2.05) is 11.9 Å². The van der Waals surface area contributed by atoms with Crippen LogP contribution in [-0.2, 0) is 11.2 Å². The second kappa shape index (κ2) is 7.08. The first-order valence-electron chi connectivity index (χ1n) is 8.06. The van der Waals surface area contributed by atoms with E-state index in [1.54, 1.807) is 0 Å². The lowest BCUT2D eigenvalue weighted by molar-refractivity contribution is -0.133. The molecule has 0 radical (unpaired) electrons. The van der Waals surface area contributed by atoms with Crippen LogP contribution in [0.1, 0.15) is 50.3 Å². The Morgan fingerprint density at radius 1 is 1.38 bits per heavy atom. The molecule has 0 heterocycles. The Labute approximate surface area is 128 Å². The summed E-state index contributed by atoms with van der Waals surface area (Å²) in [6.07, 6.45) is 3.71. The Kier molecular flexibility index (Phi) is 5.40. The van der Waals surface area contributed by atoms with Gasteiger partial charge in [0.1, 0.15) is 0 Å². The Balaban J connectivity index is 2.00. The number of fused-ring (bicyclic) bond motifs is 1. The molecule has 1 amide bonds. The predicted molar refractivity (Wildman–Crippen MR) is 86.9 cm³/mol. The number of hydrogen-bond acceptors (Lipinski definition) is 2. The van der Waals surface area contributed by atoms with Crippen LogP contribution in [0.15, 0.2) is 24.3 Å². The normalized spacial score (nSPS) is 18.6. The van der Waals surface area contributed by atoms with E-state index in [1.165, 1.54) is 11.1 Å². The van der Waals surface area contributed by atoms with Crippen molar-refractivity contribution in [1.29, 1.82) is 0 Å². The van der Waals surface area contributed by atoms with Crippen molar-refractivity contribution in [2.45, 2.75) is 45.6 Å². The molecule has 116 valence electrons. The van der Waals surface area contributed by atoms with Gasteiger partial charge >= 0.3 is 0 Å². The number of nitrogens with two attached hydrogens (primary N) is 1. The molecule has 21 heavy (non-hydrogen) atoms. The van der Waals surface area contributed by atoms with Crippen LogP contribution in [0.3, 0.4) is 0 Å². The van der Waals surface area contributed by atoms with Crippen LogP contribution in [0.25, 0.3) is 0 Å². The summed E-state index contributed by atoms with van der Waals surface area (Å²) in [5, 5.41) is 0. The minimum atomic E-state index is 0.229. The topological polar surface area (TPSA) is 46.3 Å². The highest BCUT2D eigenvalue weighted by atomic mass is 16.2. The van der Waals surface area contributed by atoms with Crippen LogP contribution in [0.2, 0.25) is 0 Å². The average Bonchev–Trinajstić information content (AvgIpc) is 2.89. The summed E-state index contributed by atoms with van der Waals surface area (Å²) in [5.41, 5.74) is 8.54. The molecule has 0 fully saturated rings. The molecule has 2 rings (SSSR count). The van der Waals surface area contributed by atoms with Crippen molar-refractivity contribution >= 4 is 5.91 Å². The SMILES string of the molecule is CC(C)CC(CN)CC(=O)N(C)C1CCc2ccccc21. The number of hydrogen-bond donors (Lipinski definition) is 1. The number of carbonyl (C=O) groups excluding carboxylic acids is 1. The first kappa shape index (κ1) is 16.0. The van der Waals surface area contributed by atoms with Crippen molar-refractivity contribution in [1.82, 2.24) is 4.90 Å². The lowest BCUT2D eigenvalue weighted by atomic mass is 9.93. The summed E-state index contributed by atoms with van der Waals surface area (Å²) in [7, 11) is 1.94. The van der Waals surface area contributed by atoms with E-state index in [0.717, 1.165) is 19.3 Å². The molecule has 2 atom stereocenters. The minimum Gasteiger partial charge on any atom is -0.339 e. The van der Waals surface area contributed by atoms with E-state index < -0.39 is 0 Å². The standard InChI is InChI=1S/C18H28N2O/c1-13(2)10-14(12-19)11-18(21)20(3)17-9-8-15-6-4-5-7-16(15)17/h4-7,13-14,17H,8-12,19H2,1-3H3. The number of aryl methyl sites for hydroxylation is 1. The molecule has 0 spiro atoms. The molecule has 1 aromatic carbocycles. The van der Waals surface area contributed by atoms with Crippen molar-refractivity contribution in [3.05, 3.63) is 35.4 Å². The van der Waals surface area contributed by atoms with Gasteiger partial charge in [0.25, 0.3) is 0 Å². The number of amides is 1. The lowest BCUT2D eigenvalue weighted by Gasteiger charge is -2.27. The fraction of sp³-hybridized carbons (Fsp3) is 0.611. The first-order chi connectivity index (χ1) is 10.0. The maximum Gasteiger partial charge on any atom is 0.223 e. The third kappa shape index (κ3) is 3.85. The molecule has 1 aliphatic rings. The van der Waals surface area contributed by atoms with E-state index in [0.29, 0.717) is 24.8 Å². The molecule has 2 N–H and O–H groups in total. The Morgan fingerprint density at radius 2 is 2.10 bits per heavy atom. The average molecular weight is 288 g/mol. The van der Waals surface area contributed by atoms with Gasteiger partial charge in [-0.2, -0.15) is 0 Å². The summed E-state index contributed by atoms with van der Waals surface area (Å²) in [6, 6.07) is 8.72. The van der Waals surface area contributed by atoms with Crippen molar-refractivity contribution in [2.24, 2.45) is 17.6 Å². The molecular weight excluding hydrogens is 260 g/mol. The molecule has 0 saturated heterocycles. The number of nitrogens with zero attached hydrogens (tertiary/aromatic N) is 1. The summed E-state index contributed by atoms with van der Waals surface area (Å²) in [6.45, 7) is 4.97. The zero-order valence-electron chi connectivity index (χ0n) is 13.5. The second-order valence-corrected chi connectivity index (χ2v) is 6.69. The highest BCUT2D eigenvalue weighted by molar-refractivity contribution is 5.77. The lowest BCUT2D eigenvalue weighted by Crippen LogP contribution is -2.33. The second-order valence-electron chi connectivity index (χ2n) is 6.69. The van der Waals surface area contributed by atoms with Crippen LogP contribution in [-0.4, -0.2) is 24.4 Å². The molecule has 1 aliphatic carbocycles. The van der Waals surface area contributed by atoms with Gasteiger partial charge in [-0.25, -0.2) is 0 Å². The van der Waals surface area contributed by atoms with Gasteiger partial charge in [-0.15, -0.1) is 0 Å². The molecule has 3 heteroatoms. The van der Waals surface area contributed by atoms with Crippen LogP contribution in [0.4, 0.5) is 0 Å². The summed E-state index contributed by atoms with van der Waals surface area (Å²) < 4.78 is 0. The van der Waals surface area contributed by atoms with Gasteiger partial charge in [0.15, 0.2) is 0 Å². The van der Waals surface area contributed by atoms with E-state index in [9.17, 15) is 4.79 Å². The summed E-state index contributed by atoms with van der Waals surface area (Å²) in [5.74, 6) is 1.12. The summed E-state index contributed by atoms with van der Waals surface area (Å²) in [4.78, 5) is 14.5. The molecule has 2 unspecified atom stereocenters. The Hall–Kier alpha value is -1.35. The van der Waals surface area contributed by atoms with Gasteiger partial charge < -0.3 is 10.6 Å². The van der Waals surface area contributed by atoms with Gasteiger partial charge in [0.2, 0.25) is 5.91 Å². The fourth-order valence-electron chi connectivity index (χ4n) is 3.43. The van der Waals surface area contributed by atoms with Gasteiger partial charge in [-0.3, -0.25) is 4.79 Å². The number of benzene rings is 1. The fourth-order valence-corrected chi connectivity index (χ4v) is 3.43. The molecule has 0 bridgehead atoms. The minimum absolute atomic E-state index is 0.229. The van der Waals surface area contributed by atoms with Gasteiger partial charge in [0.05, 0.1) is 6.04 Å². The van der Waals surface area contributed by atoms with E-state index in [-0.39, 0.29) is 11.9 Å². The zero-order chi connectivity index (χ0) is 15.4. The molecule has 1 aromatic rings. The van der Waals surface area contributed by atoms with Crippen molar-refractivity contribution in [2.75, 3.05) is 13.6 Å². The van der Waals surface area contributed by atoms with Crippen LogP contribution in [0.5, 0.6) is 0 Å². The highest BCUT2D eigenvalue weighted by Gasteiger charge is 2.29. The predicted octanol–water partition coefficient (Wildman–Crippen LogP) is 3.14. The van der Waals surface area contributed by atoms with Crippen LogP contribution in [0, 0.1) is 11.8 Å². The monoisotopic (exact) mass is 288 g/mol. The number of rotatable bonds is 6. The van der Waals surface area contributed by atoms with E-state index >= 15 is 0 Å². The van der Waals surface area contributed by atoms with Crippen LogP contribution < -0.4 is 5.73 Å². The first-order valence-corrected chi connectivity index (χ1v) is 8.06. The molecular formula is C18H28N2O.